The number of carbonyl (C=O) groups is 3. The smallest absolute Gasteiger partial charge is 0.416 e. The average Bonchev–Trinajstić information content (AvgIpc) is 3.36. The summed E-state index contributed by atoms with van der Waals surface area (Å²) in [6.07, 6.45) is 1.34. The van der Waals surface area contributed by atoms with Crippen LogP contribution in [0.5, 0.6) is 0 Å². The molecule has 3 amide bonds. The van der Waals surface area contributed by atoms with E-state index in [-0.39, 0.29) is 36.9 Å². The van der Waals surface area contributed by atoms with Gasteiger partial charge in [-0.15, -0.1) is 0 Å². The number of nitrogens with zero attached hydrogens (tertiary/aromatic N) is 2. The van der Waals surface area contributed by atoms with Crippen molar-refractivity contribution in [3.63, 3.8) is 0 Å². The molecule has 7 nitrogen and oxygen atoms in total. The van der Waals surface area contributed by atoms with Crippen molar-refractivity contribution in [3.05, 3.63) is 28.2 Å². The number of nitrogens with one attached hydrogen (secondary N) is 1. The van der Waals surface area contributed by atoms with Gasteiger partial charge in [0.1, 0.15) is 12.1 Å². The number of cyclic esters (lactones) is 1. The van der Waals surface area contributed by atoms with Crippen LogP contribution in [0.1, 0.15) is 25.3 Å². The van der Waals surface area contributed by atoms with Crippen LogP contribution in [-0.2, 0) is 19.9 Å². The molecule has 0 radical (unpaired) electrons. The molecule has 1 aromatic rings. The van der Waals surface area contributed by atoms with Crippen molar-refractivity contribution >= 4 is 39.5 Å². The van der Waals surface area contributed by atoms with Gasteiger partial charge in [-0.1, -0.05) is 22.9 Å². The summed E-state index contributed by atoms with van der Waals surface area (Å²) in [5, 5.41) is 2.99. The molecule has 8 heteroatoms. The highest BCUT2D eigenvalue weighted by molar-refractivity contribution is 9.10. The number of fused-ring (bicyclic) bond motifs is 4. The quantitative estimate of drug-likeness (QED) is 0.734. The highest BCUT2D eigenvalue weighted by Gasteiger charge is 2.69. The van der Waals surface area contributed by atoms with Crippen LogP contribution >= 0.6 is 15.9 Å². The third-order valence-corrected chi connectivity index (χ3v) is 7.11. The summed E-state index contributed by atoms with van der Waals surface area (Å²) in [4.78, 5) is 42.4. The molecule has 3 fully saturated rings. The second-order valence-electron chi connectivity index (χ2n) is 7.75. The number of ether oxygens (including phenoxy) is 1. The summed E-state index contributed by atoms with van der Waals surface area (Å²) in [6, 6.07) is 5.83. The van der Waals surface area contributed by atoms with Gasteiger partial charge < -0.3 is 10.1 Å². The van der Waals surface area contributed by atoms with E-state index in [1.807, 2.05) is 25.1 Å². The molecule has 142 valence electrons. The molecule has 3 saturated heterocycles. The lowest BCUT2D eigenvalue weighted by Gasteiger charge is -2.37. The van der Waals surface area contributed by atoms with E-state index in [0.29, 0.717) is 0 Å². The minimum Gasteiger partial charge on any atom is -0.447 e. The Balaban J connectivity index is 1.70. The first kappa shape index (κ1) is 17.2. The Morgan fingerprint density at radius 1 is 1.33 bits per heavy atom. The summed E-state index contributed by atoms with van der Waals surface area (Å²) in [7, 11) is 0. The van der Waals surface area contributed by atoms with Gasteiger partial charge in [0.25, 0.3) is 0 Å². The first-order valence-electron chi connectivity index (χ1n) is 9.32. The fourth-order valence-corrected chi connectivity index (χ4v) is 5.96. The second-order valence-corrected chi connectivity index (χ2v) is 8.67. The number of amides is 3. The van der Waals surface area contributed by atoms with Crippen LogP contribution in [0.2, 0.25) is 0 Å². The number of imide groups is 1. The molecule has 4 atom stereocenters. The second kappa shape index (κ2) is 5.78. The third kappa shape index (κ3) is 2.08. The van der Waals surface area contributed by atoms with Crippen LogP contribution in [0.25, 0.3) is 0 Å². The van der Waals surface area contributed by atoms with Crippen molar-refractivity contribution in [2.45, 2.75) is 31.3 Å². The van der Waals surface area contributed by atoms with Crippen molar-refractivity contribution in [2.75, 3.05) is 25.0 Å². The fraction of sp³-hybridized carbons (Fsp3) is 0.526. The highest BCUT2D eigenvalue weighted by Crippen LogP contribution is 2.58. The summed E-state index contributed by atoms with van der Waals surface area (Å²) in [6.45, 7) is 3.25. The molecule has 0 aromatic heterocycles. The summed E-state index contributed by atoms with van der Waals surface area (Å²) in [5.74, 6) is -1.13. The van der Waals surface area contributed by atoms with Crippen LogP contribution < -0.4 is 5.32 Å². The van der Waals surface area contributed by atoms with Crippen LogP contribution in [0.4, 0.5) is 10.5 Å². The first-order chi connectivity index (χ1) is 13.0. The topological polar surface area (TPSA) is 79.0 Å². The third-order valence-electron chi connectivity index (χ3n) is 6.61. The molecule has 4 aliphatic rings. The number of anilines is 1. The molecule has 1 N–H and O–H groups in total. The van der Waals surface area contributed by atoms with Crippen molar-refractivity contribution < 1.29 is 19.1 Å². The molecule has 4 aliphatic heterocycles. The number of hydrogen-bond acceptors (Lipinski definition) is 5. The van der Waals surface area contributed by atoms with Gasteiger partial charge in [0.05, 0.1) is 12.5 Å². The summed E-state index contributed by atoms with van der Waals surface area (Å²) >= 11 is 3.51. The maximum absolute atomic E-state index is 13.5. The van der Waals surface area contributed by atoms with E-state index in [1.54, 1.807) is 0 Å². The lowest BCUT2D eigenvalue weighted by Crippen LogP contribution is -2.55. The monoisotopic (exact) mass is 433 g/mol. The molecule has 4 heterocycles. The Labute approximate surface area is 165 Å². The van der Waals surface area contributed by atoms with Crippen LogP contribution in [-0.4, -0.2) is 53.4 Å². The van der Waals surface area contributed by atoms with Gasteiger partial charge in [-0.25, -0.2) is 9.69 Å². The lowest BCUT2D eigenvalue weighted by atomic mass is 9.74. The Morgan fingerprint density at radius 3 is 2.89 bits per heavy atom. The van der Waals surface area contributed by atoms with Gasteiger partial charge in [0.2, 0.25) is 11.8 Å². The van der Waals surface area contributed by atoms with Gasteiger partial charge >= 0.3 is 6.09 Å². The van der Waals surface area contributed by atoms with E-state index < -0.39 is 17.6 Å². The molecule has 0 unspecified atom stereocenters. The zero-order valence-corrected chi connectivity index (χ0v) is 16.5. The van der Waals surface area contributed by atoms with E-state index in [0.717, 1.165) is 35.1 Å². The van der Waals surface area contributed by atoms with E-state index in [9.17, 15) is 14.4 Å². The predicted octanol–water partition coefficient (Wildman–Crippen LogP) is 2.31. The minimum atomic E-state index is -1.07. The number of carbonyl (C=O) groups excluding carboxylic acids is 3. The van der Waals surface area contributed by atoms with Crippen molar-refractivity contribution in [2.24, 2.45) is 11.8 Å². The zero-order valence-electron chi connectivity index (χ0n) is 14.9. The van der Waals surface area contributed by atoms with Gasteiger partial charge in [-0.05, 0) is 43.5 Å². The number of rotatable bonds is 1. The number of halogens is 1. The molecule has 0 bridgehead atoms. The number of benzene rings is 1. The Hall–Kier alpha value is -1.93. The van der Waals surface area contributed by atoms with Gasteiger partial charge in [0.15, 0.2) is 0 Å². The predicted molar refractivity (Wildman–Crippen MR) is 99.9 cm³/mol. The van der Waals surface area contributed by atoms with Crippen molar-refractivity contribution in [1.82, 2.24) is 9.80 Å². The lowest BCUT2D eigenvalue weighted by molar-refractivity contribution is -0.142. The fourth-order valence-electron chi connectivity index (χ4n) is 5.60. The summed E-state index contributed by atoms with van der Waals surface area (Å²) in [5.41, 5.74) is 0.494. The molecular weight excluding hydrogens is 414 g/mol. The SMILES string of the molecule is C[C@@H]1[C@H]2CCCN2[C@]2(C(=O)Nc3ccc(Br)cc32)[C@H]1C(=O)N1CCOC1=O. The standard InChI is InChI=1S/C19H20BrN3O4/c1-10-14-3-2-6-23(14)19(15(10)16(24)22-7-8-27-18(22)26)12-9-11(20)4-5-13(12)21-17(19)25/h4-5,9-10,14-15H,2-3,6-8H2,1H3,(H,21,25)/t10-,14-,15-,19+/m1/s1. The first-order valence-corrected chi connectivity index (χ1v) is 10.1. The van der Waals surface area contributed by atoms with Crippen molar-refractivity contribution in [1.29, 1.82) is 0 Å². The van der Waals surface area contributed by atoms with E-state index in [2.05, 4.69) is 26.1 Å². The molecule has 0 aliphatic carbocycles. The van der Waals surface area contributed by atoms with Gasteiger partial charge in [-0.2, -0.15) is 0 Å². The van der Waals surface area contributed by atoms with Gasteiger partial charge in [0, 0.05) is 21.8 Å². The molecule has 5 rings (SSSR count). The molecule has 1 aromatic carbocycles. The minimum absolute atomic E-state index is 0.0379. The highest BCUT2D eigenvalue weighted by atomic mass is 79.9. The Kier molecular flexibility index (Phi) is 3.68. The molecule has 1 spiro atoms. The van der Waals surface area contributed by atoms with Crippen LogP contribution in [0.3, 0.4) is 0 Å². The summed E-state index contributed by atoms with van der Waals surface area (Å²) < 4.78 is 5.85. The van der Waals surface area contributed by atoms with E-state index in [4.69, 9.17) is 4.74 Å². The van der Waals surface area contributed by atoms with E-state index >= 15 is 0 Å². The number of hydrogen-bond donors (Lipinski definition) is 1. The van der Waals surface area contributed by atoms with Gasteiger partial charge in [-0.3, -0.25) is 14.5 Å². The van der Waals surface area contributed by atoms with Crippen LogP contribution in [0.15, 0.2) is 22.7 Å². The Bertz CT molecular complexity index is 875. The molecular formula is C19H20BrN3O4. The van der Waals surface area contributed by atoms with E-state index in [1.165, 1.54) is 4.90 Å². The van der Waals surface area contributed by atoms with Crippen LogP contribution in [0, 0.1) is 11.8 Å². The zero-order chi connectivity index (χ0) is 18.9. The Morgan fingerprint density at radius 2 is 2.15 bits per heavy atom. The molecule has 0 saturated carbocycles. The normalized spacial score (nSPS) is 34.7. The maximum atomic E-state index is 13.5. The maximum Gasteiger partial charge on any atom is 0.416 e. The average molecular weight is 434 g/mol. The molecule has 27 heavy (non-hydrogen) atoms. The van der Waals surface area contributed by atoms with Crippen molar-refractivity contribution in [3.8, 4) is 0 Å². The largest absolute Gasteiger partial charge is 0.447 e.